The van der Waals surface area contributed by atoms with Gasteiger partial charge in [-0.2, -0.15) is 0 Å². The molecule has 1 aromatic heterocycles. The van der Waals surface area contributed by atoms with Crippen molar-refractivity contribution in [3.05, 3.63) is 33.7 Å². The molecular formula is C15H17N3O3S. The quantitative estimate of drug-likeness (QED) is 0.884. The second-order valence-electron chi connectivity index (χ2n) is 5.76. The van der Waals surface area contributed by atoms with E-state index in [1.54, 1.807) is 16.2 Å². The van der Waals surface area contributed by atoms with Crippen LogP contribution in [0.4, 0.5) is 4.79 Å². The van der Waals surface area contributed by atoms with Gasteiger partial charge in [0.1, 0.15) is 0 Å². The van der Waals surface area contributed by atoms with Gasteiger partial charge >= 0.3 is 6.03 Å². The number of nitrogens with zero attached hydrogens (tertiary/aromatic N) is 1. The lowest BCUT2D eigenvalue weighted by molar-refractivity contribution is -0.127. The second-order valence-corrected chi connectivity index (χ2v) is 6.74. The first kappa shape index (κ1) is 13.8. The molecule has 4 heterocycles. The summed E-state index contributed by atoms with van der Waals surface area (Å²) in [7, 11) is 0. The van der Waals surface area contributed by atoms with Crippen LogP contribution in [0.2, 0.25) is 0 Å². The molecule has 0 aromatic carbocycles. The fourth-order valence-electron chi connectivity index (χ4n) is 3.28. The first-order valence-electron chi connectivity index (χ1n) is 7.47. The molecule has 2 N–H and O–H groups in total. The van der Waals surface area contributed by atoms with Crippen LogP contribution in [0.3, 0.4) is 0 Å². The van der Waals surface area contributed by atoms with E-state index in [4.69, 9.17) is 4.74 Å². The molecule has 6 nitrogen and oxygen atoms in total. The Morgan fingerprint density at radius 3 is 3.05 bits per heavy atom. The van der Waals surface area contributed by atoms with E-state index in [-0.39, 0.29) is 24.1 Å². The van der Waals surface area contributed by atoms with E-state index in [2.05, 4.69) is 10.6 Å². The fraction of sp³-hybridized carbons (Fsp3) is 0.467. The number of thiophene rings is 1. The van der Waals surface area contributed by atoms with Crippen molar-refractivity contribution >= 4 is 23.3 Å². The van der Waals surface area contributed by atoms with Crippen molar-refractivity contribution in [2.45, 2.75) is 25.0 Å². The van der Waals surface area contributed by atoms with E-state index < -0.39 is 0 Å². The van der Waals surface area contributed by atoms with Crippen molar-refractivity contribution in [2.75, 3.05) is 19.7 Å². The highest BCUT2D eigenvalue weighted by Gasteiger charge is 2.41. The molecule has 3 aliphatic heterocycles. The number of hydrogen-bond donors (Lipinski definition) is 2. The number of carbonyl (C=O) groups is 2. The molecule has 1 aromatic rings. The predicted molar refractivity (Wildman–Crippen MR) is 81.3 cm³/mol. The van der Waals surface area contributed by atoms with Crippen molar-refractivity contribution in [2.24, 2.45) is 0 Å². The van der Waals surface area contributed by atoms with Gasteiger partial charge in [-0.3, -0.25) is 4.79 Å². The van der Waals surface area contributed by atoms with Gasteiger partial charge in [-0.15, -0.1) is 11.3 Å². The van der Waals surface area contributed by atoms with Crippen molar-refractivity contribution < 1.29 is 14.3 Å². The summed E-state index contributed by atoms with van der Waals surface area (Å²) in [6.07, 6.45) is 2.16. The number of nitrogens with one attached hydrogen (secondary N) is 2. The van der Waals surface area contributed by atoms with Crippen LogP contribution in [0.5, 0.6) is 0 Å². The van der Waals surface area contributed by atoms with E-state index >= 15 is 0 Å². The maximum Gasteiger partial charge on any atom is 0.319 e. The molecule has 0 unspecified atom stereocenters. The Balaban J connectivity index is 1.58. The molecule has 4 rings (SSSR count). The molecule has 0 aliphatic carbocycles. The summed E-state index contributed by atoms with van der Waals surface area (Å²) in [6, 6.07) is 3.29. The first-order valence-corrected chi connectivity index (χ1v) is 8.35. The topological polar surface area (TPSA) is 70.7 Å². The van der Waals surface area contributed by atoms with Crippen LogP contribution in [-0.2, 0) is 9.53 Å². The average molecular weight is 319 g/mol. The Bertz CT molecular complexity index is 634. The van der Waals surface area contributed by atoms with Gasteiger partial charge in [0.05, 0.1) is 30.0 Å². The number of hydrogen-bond acceptors (Lipinski definition) is 4. The SMILES string of the molecule is O=C1NC2=C(C(=O)N(C[C@@H]3CCCO3)C2)[C@@H](c2cccs2)N1. The molecule has 116 valence electrons. The van der Waals surface area contributed by atoms with Gasteiger partial charge < -0.3 is 20.3 Å². The summed E-state index contributed by atoms with van der Waals surface area (Å²) >= 11 is 1.54. The van der Waals surface area contributed by atoms with E-state index in [9.17, 15) is 9.59 Å². The summed E-state index contributed by atoms with van der Waals surface area (Å²) < 4.78 is 5.62. The van der Waals surface area contributed by atoms with Crippen LogP contribution in [0.1, 0.15) is 23.8 Å². The number of urea groups is 1. The van der Waals surface area contributed by atoms with Gasteiger partial charge in [0.15, 0.2) is 0 Å². The number of amides is 3. The highest BCUT2D eigenvalue weighted by Crippen LogP contribution is 2.34. The van der Waals surface area contributed by atoms with Gasteiger partial charge in [0.25, 0.3) is 5.91 Å². The molecule has 0 saturated carbocycles. The molecule has 22 heavy (non-hydrogen) atoms. The summed E-state index contributed by atoms with van der Waals surface area (Å²) in [5.74, 6) is -0.00333. The predicted octanol–water partition coefficient (Wildman–Crippen LogP) is 1.38. The van der Waals surface area contributed by atoms with Gasteiger partial charge in [-0.25, -0.2) is 4.79 Å². The van der Waals surface area contributed by atoms with Crippen LogP contribution in [-0.4, -0.2) is 42.6 Å². The second kappa shape index (κ2) is 5.40. The van der Waals surface area contributed by atoms with Gasteiger partial charge in [-0.05, 0) is 24.3 Å². The molecule has 3 aliphatic rings. The third-order valence-corrected chi connectivity index (χ3v) is 5.23. The van der Waals surface area contributed by atoms with Crippen molar-refractivity contribution in [3.63, 3.8) is 0 Å². The Kier molecular flexibility index (Phi) is 3.38. The molecule has 1 fully saturated rings. The summed E-state index contributed by atoms with van der Waals surface area (Å²) in [4.78, 5) is 27.4. The van der Waals surface area contributed by atoms with Crippen LogP contribution in [0.25, 0.3) is 0 Å². The maximum absolute atomic E-state index is 12.8. The zero-order valence-corrected chi connectivity index (χ0v) is 12.8. The first-order chi connectivity index (χ1) is 10.7. The monoisotopic (exact) mass is 319 g/mol. The smallest absolute Gasteiger partial charge is 0.319 e. The fourth-order valence-corrected chi connectivity index (χ4v) is 4.06. The molecule has 0 spiro atoms. The van der Waals surface area contributed by atoms with Gasteiger partial charge in [0.2, 0.25) is 0 Å². The standard InChI is InChI=1S/C15H17N3O3S/c19-14-12-10(8-18(14)7-9-3-1-5-21-9)16-15(20)17-13(12)11-4-2-6-22-11/h2,4,6,9,13H,1,3,5,7-8H2,(H2,16,17,20)/t9-,13+/m0/s1. The maximum atomic E-state index is 12.8. The largest absolute Gasteiger partial charge is 0.376 e. The molecule has 3 amide bonds. The number of carbonyl (C=O) groups excluding carboxylic acids is 2. The summed E-state index contributed by atoms with van der Waals surface area (Å²) in [6.45, 7) is 1.83. The Morgan fingerprint density at radius 1 is 1.41 bits per heavy atom. The minimum absolute atomic E-state index is 0.00333. The van der Waals surface area contributed by atoms with Crippen LogP contribution in [0, 0.1) is 0 Å². The van der Waals surface area contributed by atoms with Gasteiger partial charge in [-0.1, -0.05) is 6.07 Å². The van der Waals surface area contributed by atoms with Crippen molar-refractivity contribution in [1.82, 2.24) is 15.5 Å². The van der Waals surface area contributed by atoms with E-state index in [0.717, 1.165) is 30.0 Å². The highest BCUT2D eigenvalue weighted by atomic mass is 32.1. The lowest BCUT2D eigenvalue weighted by Crippen LogP contribution is -2.44. The number of ether oxygens (including phenoxy) is 1. The summed E-state index contributed by atoms with van der Waals surface area (Å²) in [5, 5.41) is 7.60. The van der Waals surface area contributed by atoms with Crippen LogP contribution >= 0.6 is 11.3 Å². The van der Waals surface area contributed by atoms with Gasteiger partial charge in [0, 0.05) is 18.0 Å². The van der Waals surface area contributed by atoms with Crippen LogP contribution < -0.4 is 10.6 Å². The Labute approximate surface area is 132 Å². The average Bonchev–Trinajstić information content (AvgIpc) is 3.22. The van der Waals surface area contributed by atoms with Crippen molar-refractivity contribution in [3.8, 4) is 0 Å². The Hall–Kier alpha value is -1.86. The van der Waals surface area contributed by atoms with E-state index in [1.807, 2.05) is 17.5 Å². The minimum atomic E-state index is -0.342. The van der Waals surface area contributed by atoms with E-state index in [1.165, 1.54) is 0 Å². The molecular weight excluding hydrogens is 302 g/mol. The highest BCUT2D eigenvalue weighted by molar-refractivity contribution is 7.10. The lowest BCUT2D eigenvalue weighted by Gasteiger charge is -2.24. The third kappa shape index (κ3) is 2.30. The minimum Gasteiger partial charge on any atom is -0.376 e. The normalized spacial score (nSPS) is 27.9. The third-order valence-electron chi connectivity index (χ3n) is 4.30. The number of rotatable bonds is 3. The van der Waals surface area contributed by atoms with Crippen molar-refractivity contribution in [1.29, 1.82) is 0 Å². The molecule has 0 bridgehead atoms. The summed E-state index contributed by atoms with van der Waals surface area (Å²) in [5.41, 5.74) is 1.39. The molecule has 0 radical (unpaired) electrons. The van der Waals surface area contributed by atoms with E-state index in [0.29, 0.717) is 18.7 Å². The lowest BCUT2D eigenvalue weighted by atomic mass is 10.0. The zero-order chi connectivity index (χ0) is 15.1. The molecule has 2 atom stereocenters. The van der Waals surface area contributed by atoms with Crippen LogP contribution in [0.15, 0.2) is 28.8 Å². The molecule has 7 heteroatoms. The zero-order valence-electron chi connectivity index (χ0n) is 12.0. The molecule has 1 saturated heterocycles. The Morgan fingerprint density at radius 2 is 2.32 bits per heavy atom.